The summed E-state index contributed by atoms with van der Waals surface area (Å²) in [4.78, 5) is 1.43. The first-order valence-electron chi connectivity index (χ1n) is 6.31. The standard InChI is InChI=1S/C13H22BrNOS/c1-3-8-15-11(7-9-16-4-2)10-12-5-6-13(14)17-12/h5-6,11,15H,3-4,7-10H2,1-2H3. The molecule has 98 valence electrons. The van der Waals surface area contributed by atoms with Crippen LogP contribution in [-0.4, -0.2) is 25.8 Å². The first-order chi connectivity index (χ1) is 8.26. The lowest BCUT2D eigenvalue weighted by Crippen LogP contribution is -2.32. The first kappa shape index (κ1) is 15.2. The maximum atomic E-state index is 5.44. The molecule has 0 amide bonds. The summed E-state index contributed by atoms with van der Waals surface area (Å²) in [6.45, 7) is 7.00. The molecule has 0 aliphatic heterocycles. The van der Waals surface area contributed by atoms with Crippen LogP contribution in [-0.2, 0) is 11.2 Å². The fourth-order valence-electron chi connectivity index (χ4n) is 1.70. The maximum Gasteiger partial charge on any atom is 0.0701 e. The first-order valence-corrected chi connectivity index (χ1v) is 7.92. The molecule has 0 spiro atoms. The molecule has 0 bridgehead atoms. The van der Waals surface area contributed by atoms with Crippen molar-refractivity contribution in [1.29, 1.82) is 0 Å². The predicted octanol–water partition coefficient (Wildman–Crippen LogP) is 3.85. The Hall–Kier alpha value is 0.1000. The minimum Gasteiger partial charge on any atom is -0.382 e. The van der Waals surface area contributed by atoms with Crippen molar-refractivity contribution >= 4 is 27.3 Å². The molecule has 1 aromatic rings. The van der Waals surface area contributed by atoms with Gasteiger partial charge < -0.3 is 10.1 Å². The van der Waals surface area contributed by atoms with Crippen LogP contribution >= 0.6 is 27.3 Å². The van der Waals surface area contributed by atoms with Gasteiger partial charge in [0.2, 0.25) is 0 Å². The Morgan fingerprint density at radius 1 is 1.41 bits per heavy atom. The SMILES string of the molecule is CCCNC(CCOCC)Cc1ccc(Br)s1. The summed E-state index contributed by atoms with van der Waals surface area (Å²) in [5.74, 6) is 0. The van der Waals surface area contributed by atoms with Crippen molar-refractivity contribution in [3.05, 3.63) is 20.8 Å². The molecule has 2 nitrogen and oxygen atoms in total. The molecule has 4 heteroatoms. The summed E-state index contributed by atoms with van der Waals surface area (Å²) >= 11 is 5.34. The van der Waals surface area contributed by atoms with E-state index in [2.05, 4.69) is 40.3 Å². The maximum absolute atomic E-state index is 5.44. The molecule has 1 atom stereocenters. The minimum atomic E-state index is 0.534. The number of rotatable bonds is 9. The smallest absolute Gasteiger partial charge is 0.0701 e. The molecular formula is C13H22BrNOS. The average molecular weight is 320 g/mol. The second kappa shape index (κ2) is 9.09. The van der Waals surface area contributed by atoms with Gasteiger partial charge in [0.15, 0.2) is 0 Å². The normalized spacial score (nSPS) is 12.9. The van der Waals surface area contributed by atoms with Crippen molar-refractivity contribution in [3.63, 3.8) is 0 Å². The van der Waals surface area contributed by atoms with Gasteiger partial charge in [-0.2, -0.15) is 0 Å². The quantitative estimate of drug-likeness (QED) is 0.698. The van der Waals surface area contributed by atoms with Crippen molar-refractivity contribution in [2.75, 3.05) is 19.8 Å². The van der Waals surface area contributed by atoms with Gasteiger partial charge in [0.05, 0.1) is 3.79 Å². The third-order valence-corrected chi connectivity index (χ3v) is 4.22. The molecule has 1 rings (SSSR count). The monoisotopic (exact) mass is 319 g/mol. The summed E-state index contributed by atoms with van der Waals surface area (Å²) in [7, 11) is 0. The second-order valence-corrected chi connectivity index (χ2v) is 6.59. The Balaban J connectivity index is 2.38. The minimum absolute atomic E-state index is 0.534. The van der Waals surface area contributed by atoms with E-state index in [1.54, 1.807) is 0 Å². The molecule has 0 aromatic carbocycles. The van der Waals surface area contributed by atoms with Gasteiger partial charge in [0.25, 0.3) is 0 Å². The highest BCUT2D eigenvalue weighted by Crippen LogP contribution is 2.23. The molecule has 1 N–H and O–H groups in total. The van der Waals surface area contributed by atoms with E-state index < -0.39 is 0 Å². The van der Waals surface area contributed by atoms with E-state index in [-0.39, 0.29) is 0 Å². The van der Waals surface area contributed by atoms with Gasteiger partial charge in [0.1, 0.15) is 0 Å². The number of hydrogen-bond acceptors (Lipinski definition) is 3. The van der Waals surface area contributed by atoms with Crippen molar-refractivity contribution in [1.82, 2.24) is 5.32 Å². The molecule has 0 aliphatic rings. The zero-order valence-electron chi connectivity index (χ0n) is 10.7. The lowest BCUT2D eigenvalue weighted by Gasteiger charge is -2.17. The Labute approximate surface area is 117 Å². The second-order valence-electron chi connectivity index (χ2n) is 4.05. The van der Waals surface area contributed by atoms with E-state index >= 15 is 0 Å². The molecule has 1 aromatic heterocycles. The highest BCUT2D eigenvalue weighted by atomic mass is 79.9. The summed E-state index contributed by atoms with van der Waals surface area (Å²) in [5, 5.41) is 3.60. The predicted molar refractivity (Wildman–Crippen MR) is 78.9 cm³/mol. The van der Waals surface area contributed by atoms with Crippen LogP contribution in [0, 0.1) is 0 Å². The van der Waals surface area contributed by atoms with Gasteiger partial charge in [-0.25, -0.2) is 0 Å². The van der Waals surface area contributed by atoms with Crippen LogP contribution in [0.1, 0.15) is 31.6 Å². The number of ether oxygens (including phenoxy) is 1. The van der Waals surface area contributed by atoms with E-state index in [0.29, 0.717) is 6.04 Å². The third kappa shape index (κ3) is 6.55. The average Bonchev–Trinajstić information content (AvgIpc) is 2.72. The van der Waals surface area contributed by atoms with Crippen molar-refractivity contribution in [2.45, 2.75) is 39.2 Å². The van der Waals surface area contributed by atoms with Crippen molar-refractivity contribution < 1.29 is 4.74 Å². The molecule has 0 saturated carbocycles. The molecule has 1 unspecified atom stereocenters. The molecular weight excluding hydrogens is 298 g/mol. The number of nitrogens with one attached hydrogen (secondary N) is 1. The van der Waals surface area contributed by atoms with Crippen molar-refractivity contribution in [3.8, 4) is 0 Å². The topological polar surface area (TPSA) is 21.3 Å². The lowest BCUT2D eigenvalue weighted by molar-refractivity contribution is 0.136. The molecule has 1 heterocycles. The fraction of sp³-hybridized carbons (Fsp3) is 0.692. The van der Waals surface area contributed by atoms with Gasteiger partial charge in [0, 0.05) is 24.1 Å². The third-order valence-electron chi connectivity index (χ3n) is 2.57. The molecule has 0 saturated heterocycles. The van der Waals surface area contributed by atoms with Crippen LogP contribution in [0.2, 0.25) is 0 Å². The van der Waals surface area contributed by atoms with Gasteiger partial charge in [-0.1, -0.05) is 6.92 Å². The number of hydrogen-bond donors (Lipinski definition) is 1. The van der Waals surface area contributed by atoms with Gasteiger partial charge in [-0.05, 0) is 60.8 Å². The van der Waals surface area contributed by atoms with Gasteiger partial charge >= 0.3 is 0 Å². The van der Waals surface area contributed by atoms with Crippen LogP contribution in [0.5, 0.6) is 0 Å². The van der Waals surface area contributed by atoms with Crippen molar-refractivity contribution in [2.24, 2.45) is 0 Å². The summed E-state index contributed by atoms with van der Waals surface area (Å²) in [6.07, 6.45) is 3.37. The van der Waals surface area contributed by atoms with Gasteiger partial charge in [-0.15, -0.1) is 11.3 Å². The highest BCUT2D eigenvalue weighted by molar-refractivity contribution is 9.11. The van der Waals surface area contributed by atoms with Crippen LogP contribution in [0.25, 0.3) is 0 Å². The van der Waals surface area contributed by atoms with E-state index in [9.17, 15) is 0 Å². The lowest BCUT2D eigenvalue weighted by atomic mass is 10.1. The van der Waals surface area contributed by atoms with E-state index in [0.717, 1.165) is 32.6 Å². The zero-order valence-corrected chi connectivity index (χ0v) is 13.1. The van der Waals surface area contributed by atoms with Crippen LogP contribution in [0.4, 0.5) is 0 Å². The summed E-state index contributed by atoms with van der Waals surface area (Å²) in [6, 6.07) is 4.86. The largest absolute Gasteiger partial charge is 0.382 e. The Bertz CT molecular complexity index is 303. The Morgan fingerprint density at radius 3 is 2.82 bits per heavy atom. The van der Waals surface area contributed by atoms with Crippen LogP contribution in [0.15, 0.2) is 15.9 Å². The highest BCUT2D eigenvalue weighted by Gasteiger charge is 2.10. The van der Waals surface area contributed by atoms with Gasteiger partial charge in [-0.3, -0.25) is 0 Å². The Kier molecular flexibility index (Phi) is 8.10. The summed E-state index contributed by atoms with van der Waals surface area (Å²) < 4.78 is 6.66. The Morgan fingerprint density at radius 2 is 2.24 bits per heavy atom. The zero-order chi connectivity index (χ0) is 12.5. The van der Waals surface area contributed by atoms with E-state index in [4.69, 9.17) is 4.74 Å². The molecule has 17 heavy (non-hydrogen) atoms. The molecule has 0 radical (unpaired) electrons. The number of thiophene rings is 1. The fourth-order valence-corrected chi connectivity index (χ4v) is 3.26. The van der Waals surface area contributed by atoms with Crippen LogP contribution < -0.4 is 5.32 Å². The molecule has 0 fully saturated rings. The van der Waals surface area contributed by atoms with E-state index in [1.165, 1.54) is 15.1 Å². The number of halogens is 1. The molecule has 0 aliphatic carbocycles. The van der Waals surface area contributed by atoms with Crippen LogP contribution in [0.3, 0.4) is 0 Å². The summed E-state index contributed by atoms with van der Waals surface area (Å²) in [5.41, 5.74) is 0. The van der Waals surface area contributed by atoms with E-state index in [1.807, 2.05) is 18.3 Å².